The number of hydrogen-bond acceptors (Lipinski definition) is 4. The van der Waals surface area contributed by atoms with E-state index in [9.17, 15) is 5.11 Å². The van der Waals surface area contributed by atoms with E-state index in [0.29, 0.717) is 6.04 Å². The van der Waals surface area contributed by atoms with Crippen molar-refractivity contribution < 1.29 is 9.84 Å². The number of aliphatic hydroxyl groups is 1. The molecule has 126 valence electrons. The van der Waals surface area contributed by atoms with Crippen LogP contribution in [0.5, 0.6) is 5.75 Å². The second-order valence-corrected chi connectivity index (χ2v) is 6.67. The maximum absolute atomic E-state index is 9.82. The molecule has 2 aromatic carbocycles. The lowest BCUT2D eigenvalue weighted by atomic mass is 10.00. The van der Waals surface area contributed by atoms with Gasteiger partial charge < -0.3 is 20.1 Å². The fourth-order valence-corrected chi connectivity index (χ4v) is 3.67. The monoisotopic (exact) mass is 324 g/mol. The Morgan fingerprint density at radius 3 is 2.96 bits per heavy atom. The second kappa shape index (κ2) is 6.46. The number of fused-ring (bicyclic) bond motifs is 3. The first-order valence-corrected chi connectivity index (χ1v) is 8.75. The van der Waals surface area contributed by atoms with Crippen LogP contribution in [0.4, 0.5) is 5.69 Å². The molecule has 0 bridgehead atoms. The summed E-state index contributed by atoms with van der Waals surface area (Å²) in [5, 5.41) is 13.3. The van der Waals surface area contributed by atoms with Crippen LogP contribution in [0.2, 0.25) is 0 Å². The zero-order chi connectivity index (χ0) is 16.5. The van der Waals surface area contributed by atoms with Crippen LogP contribution in [-0.4, -0.2) is 37.4 Å². The van der Waals surface area contributed by atoms with E-state index in [2.05, 4.69) is 40.5 Å². The predicted molar refractivity (Wildman–Crippen MR) is 96.6 cm³/mol. The third kappa shape index (κ3) is 2.87. The fraction of sp³-hybridized carbons (Fsp3) is 0.400. The Morgan fingerprint density at radius 2 is 2.08 bits per heavy atom. The van der Waals surface area contributed by atoms with Crippen molar-refractivity contribution in [2.75, 3.05) is 31.1 Å². The molecule has 4 rings (SSSR count). The van der Waals surface area contributed by atoms with Gasteiger partial charge in [0.1, 0.15) is 5.75 Å². The van der Waals surface area contributed by atoms with Gasteiger partial charge in [0.25, 0.3) is 0 Å². The molecule has 0 saturated carbocycles. The Balaban J connectivity index is 1.70. The van der Waals surface area contributed by atoms with Crippen molar-refractivity contribution >= 4 is 5.69 Å². The normalized spacial score (nSPS) is 21.2. The highest BCUT2D eigenvalue weighted by molar-refractivity contribution is 5.72. The van der Waals surface area contributed by atoms with Crippen LogP contribution in [0.15, 0.2) is 42.5 Å². The van der Waals surface area contributed by atoms with Gasteiger partial charge in [-0.2, -0.15) is 0 Å². The average molecular weight is 324 g/mol. The predicted octanol–water partition coefficient (Wildman–Crippen LogP) is 2.97. The summed E-state index contributed by atoms with van der Waals surface area (Å²) in [5.74, 6) is 0.972. The van der Waals surface area contributed by atoms with Crippen molar-refractivity contribution in [3.8, 4) is 16.9 Å². The lowest BCUT2D eigenvalue weighted by Crippen LogP contribution is -2.51. The molecule has 0 radical (unpaired) electrons. The van der Waals surface area contributed by atoms with Crippen molar-refractivity contribution in [3.05, 3.63) is 48.0 Å². The van der Waals surface area contributed by atoms with E-state index in [1.54, 1.807) is 6.92 Å². The zero-order valence-electron chi connectivity index (χ0n) is 14.0. The van der Waals surface area contributed by atoms with E-state index in [1.807, 2.05) is 12.1 Å². The Hall–Kier alpha value is -2.04. The van der Waals surface area contributed by atoms with Crippen molar-refractivity contribution in [1.29, 1.82) is 0 Å². The summed E-state index contributed by atoms with van der Waals surface area (Å²) in [4.78, 5) is 2.48. The Kier molecular flexibility index (Phi) is 4.17. The topological polar surface area (TPSA) is 44.7 Å². The van der Waals surface area contributed by atoms with Crippen molar-refractivity contribution in [3.63, 3.8) is 0 Å². The molecule has 4 heteroatoms. The van der Waals surface area contributed by atoms with E-state index < -0.39 is 6.10 Å². The minimum atomic E-state index is -0.455. The molecule has 2 aliphatic heterocycles. The third-order valence-corrected chi connectivity index (χ3v) is 5.03. The number of piperazine rings is 1. The maximum Gasteiger partial charge on any atom is 0.143 e. The van der Waals surface area contributed by atoms with E-state index in [0.717, 1.165) is 55.1 Å². The van der Waals surface area contributed by atoms with Crippen LogP contribution < -0.4 is 15.0 Å². The first-order valence-electron chi connectivity index (χ1n) is 8.75. The molecule has 1 fully saturated rings. The van der Waals surface area contributed by atoms with Crippen LogP contribution in [0.25, 0.3) is 11.1 Å². The van der Waals surface area contributed by atoms with Crippen LogP contribution >= 0.6 is 0 Å². The summed E-state index contributed by atoms with van der Waals surface area (Å²) in [6, 6.07) is 15.1. The van der Waals surface area contributed by atoms with Crippen LogP contribution in [0.1, 0.15) is 25.0 Å². The number of nitrogens with zero attached hydrogens (tertiary/aromatic N) is 1. The molecule has 0 spiro atoms. The van der Waals surface area contributed by atoms with Gasteiger partial charge in [-0.05, 0) is 41.8 Å². The van der Waals surface area contributed by atoms with Gasteiger partial charge in [-0.15, -0.1) is 0 Å². The Labute approximate surface area is 143 Å². The van der Waals surface area contributed by atoms with Gasteiger partial charge in [0.15, 0.2) is 0 Å². The van der Waals surface area contributed by atoms with Gasteiger partial charge in [-0.3, -0.25) is 0 Å². The highest BCUT2D eigenvalue weighted by Gasteiger charge is 2.27. The van der Waals surface area contributed by atoms with Gasteiger partial charge in [0.2, 0.25) is 0 Å². The number of hydrogen-bond donors (Lipinski definition) is 2. The molecule has 0 amide bonds. The number of aliphatic hydroxyl groups excluding tert-OH is 1. The van der Waals surface area contributed by atoms with Gasteiger partial charge in [0.05, 0.1) is 18.4 Å². The molecular weight excluding hydrogens is 300 g/mol. The Bertz CT molecular complexity index is 729. The molecular formula is C20H24N2O2. The summed E-state index contributed by atoms with van der Waals surface area (Å²) in [6.07, 6.45) is 0.595. The molecule has 2 aliphatic rings. The largest absolute Gasteiger partial charge is 0.491 e. The summed E-state index contributed by atoms with van der Waals surface area (Å²) in [6.45, 7) is 5.63. The molecule has 0 aliphatic carbocycles. The second-order valence-electron chi connectivity index (χ2n) is 6.67. The lowest BCUT2D eigenvalue weighted by Gasteiger charge is -2.36. The molecule has 2 N–H and O–H groups in total. The first kappa shape index (κ1) is 15.5. The van der Waals surface area contributed by atoms with Crippen molar-refractivity contribution in [2.24, 2.45) is 0 Å². The fourth-order valence-electron chi connectivity index (χ4n) is 3.67. The molecule has 1 saturated heterocycles. The van der Waals surface area contributed by atoms with E-state index >= 15 is 0 Å². The molecule has 0 aromatic heterocycles. The average Bonchev–Trinajstić information content (AvgIpc) is 2.80. The number of nitrogens with one attached hydrogen (secondary N) is 1. The van der Waals surface area contributed by atoms with E-state index in [1.165, 1.54) is 5.69 Å². The molecule has 2 aromatic rings. The van der Waals surface area contributed by atoms with Gasteiger partial charge in [-0.25, -0.2) is 0 Å². The number of benzene rings is 2. The van der Waals surface area contributed by atoms with Crippen LogP contribution in [0.3, 0.4) is 0 Å². The summed E-state index contributed by atoms with van der Waals surface area (Å²) >= 11 is 0. The number of ether oxygens (including phenoxy) is 1. The summed E-state index contributed by atoms with van der Waals surface area (Å²) in [5.41, 5.74) is 4.38. The standard InChI is InChI=1S/C20H24N2O2/c1-14(23)15-3-2-4-16(11-15)17-5-6-19-20(12-17)24-10-7-18-13-21-8-9-22(18)19/h2-6,11-12,14,18,21,23H,7-10,13H2,1H3/t14?,18-/m0/s1. The molecule has 24 heavy (non-hydrogen) atoms. The van der Waals surface area contributed by atoms with Crippen LogP contribution in [-0.2, 0) is 0 Å². The van der Waals surface area contributed by atoms with E-state index in [4.69, 9.17) is 4.74 Å². The minimum absolute atomic E-state index is 0.455. The first-order chi connectivity index (χ1) is 11.7. The van der Waals surface area contributed by atoms with Crippen molar-refractivity contribution in [1.82, 2.24) is 5.32 Å². The minimum Gasteiger partial charge on any atom is -0.491 e. The number of anilines is 1. The molecule has 1 unspecified atom stereocenters. The highest BCUT2D eigenvalue weighted by Crippen LogP contribution is 2.37. The molecule has 2 atom stereocenters. The van der Waals surface area contributed by atoms with E-state index in [-0.39, 0.29) is 0 Å². The zero-order valence-corrected chi connectivity index (χ0v) is 14.0. The summed E-state index contributed by atoms with van der Waals surface area (Å²) in [7, 11) is 0. The van der Waals surface area contributed by atoms with Gasteiger partial charge in [0, 0.05) is 32.1 Å². The number of rotatable bonds is 2. The quantitative estimate of drug-likeness (QED) is 0.891. The van der Waals surface area contributed by atoms with Gasteiger partial charge >= 0.3 is 0 Å². The van der Waals surface area contributed by atoms with Gasteiger partial charge in [-0.1, -0.05) is 24.3 Å². The lowest BCUT2D eigenvalue weighted by molar-refractivity contribution is 0.199. The van der Waals surface area contributed by atoms with Crippen molar-refractivity contribution in [2.45, 2.75) is 25.5 Å². The third-order valence-electron chi connectivity index (χ3n) is 5.03. The molecule has 4 nitrogen and oxygen atoms in total. The maximum atomic E-state index is 9.82. The van der Waals surface area contributed by atoms with Crippen LogP contribution in [0, 0.1) is 0 Å². The smallest absolute Gasteiger partial charge is 0.143 e. The summed E-state index contributed by atoms with van der Waals surface area (Å²) < 4.78 is 6.06. The highest BCUT2D eigenvalue weighted by atomic mass is 16.5. The molecule has 2 heterocycles. The SMILES string of the molecule is CC(O)c1cccc(-c2ccc3c(c2)OCC[C@H]2CNCCN32)c1. The Morgan fingerprint density at radius 1 is 1.21 bits per heavy atom.